The van der Waals surface area contributed by atoms with Crippen molar-refractivity contribution in [2.45, 2.75) is 490 Å². The summed E-state index contributed by atoms with van der Waals surface area (Å²) in [5.41, 5.74) is 0. The quantitative estimate of drug-likeness (QED) is 0.0222. The van der Waals surface area contributed by atoms with Gasteiger partial charge in [-0.2, -0.15) is 0 Å². The van der Waals surface area contributed by atoms with E-state index in [1.165, 1.54) is 295 Å². The minimum absolute atomic E-state index is 0.109. The van der Waals surface area contributed by atoms with E-state index in [4.69, 9.17) is 37.0 Å². The fourth-order valence-corrected chi connectivity index (χ4v) is 15.2. The summed E-state index contributed by atoms with van der Waals surface area (Å²) in [4.78, 5) is 73.3. The second-order valence-electron chi connectivity index (χ2n) is 31.8. The van der Waals surface area contributed by atoms with E-state index < -0.39 is 97.5 Å². The lowest BCUT2D eigenvalue weighted by molar-refractivity contribution is -0.161. The summed E-state index contributed by atoms with van der Waals surface area (Å²) >= 11 is 0. The van der Waals surface area contributed by atoms with Crippen molar-refractivity contribution >= 4 is 39.5 Å². The molecule has 0 fully saturated rings. The Balaban J connectivity index is 5.24. The molecule has 17 nitrogen and oxygen atoms in total. The SMILES string of the molecule is CCCCCCCCCCCCCCCCCCCCCCC(=O)O[C@H](COC(=O)CCCCCCCCCCCCCCCCCC(C)C)COP(=O)(O)OC[C@@H](O)COP(=O)(O)OC[C@@H](COC(=O)CCCCCCCCCCCCC)OC(=O)CCCCCCCCCCCCCCCCCCC. The normalized spacial score (nSPS) is 13.7. The Morgan fingerprint density at radius 3 is 0.642 bits per heavy atom. The standard InChI is InChI=1S/C87H170O17P2/c1-6-9-12-15-18-21-24-26-28-30-31-32-34-38-43-48-53-58-63-68-73-87(92)104-83(77-98-85(90)71-66-61-56-51-46-41-39-35-36-40-45-49-54-59-64-69-80(4)5)79-102-106(95,96)100-75-81(88)74-99-105(93,94)101-78-82(76-97-84(89)70-65-60-55-50-44-23-20-17-14-11-8-3)103-86(91)72-67-62-57-52-47-42-37-33-29-27-25-22-19-16-13-10-7-2/h80-83,88H,6-79H2,1-5H3,(H,93,94)(H,95,96)/t81-,82+,83+/m0/s1. The molecule has 106 heavy (non-hydrogen) atoms. The lowest BCUT2D eigenvalue weighted by Gasteiger charge is -2.21. The van der Waals surface area contributed by atoms with E-state index in [-0.39, 0.29) is 25.7 Å². The van der Waals surface area contributed by atoms with Crippen LogP contribution in [0.1, 0.15) is 471 Å². The van der Waals surface area contributed by atoms with Crippen LogP contribution in [0.15, 0.2) is 0 Å². The zero-order valence-corrected chi connectivity index (χ0v) is 71.4. The summed E-state index contributed by atoms with van der Waals surface area (Å²) in [6.45, 7) is 7.40. The number of unbranched alkanes of at least 4 members (excludes halogenated alkanes) is 59. The molecule has 0 aromatic heterocycles. The van der Waals surface area contributed by atoms with Crippen molar-refractivity contribution in [2.24, 2.45) is 5.92 Å². The average molecular weight is 1550 g/mol. The maximum absolute atomic E-state index is 13.2. The number of aliphatic hydroxyl groups is 1. The van der Waals surface area contributed by atoms with Crippen molar-refractivity contribution in [3.05, 3.63) is 0 Å². The van der Waals surface area contributed by atoms with E-state index in [1.54, 1.807) is 0 Å². The summed E-state index contributed by atoms with van der Waals surface area (Å²) in [7, 11) is -9.93. The molecule has 0 heterocycles. The maximum atomic E-state index is 13.2. The Morgan fingerprint density at radius 1 is 0.255 bits per heavy atom. The van der Waals surface area contributed by atoms with Crippen molar-refractivity contribution < 1.29 is 80.2 Å². The van der Waals surface area contributed by atoms with Crippen LogP contribution in [0.2, 0.25) is 0 Å². The average Bonchev–Trinajstić information content (AvgIpc) is 0.904. The smallest absolute Gasteiger partial charge is 0.462 e. The highest BCUT2D eigenvalue weighted by molar-refractivity contribution is 7.47. The molecule has 0 aliphatic carbocycles. The third kappa shape index (κ3) is 80.1. The van der Waals surface area contributed by atoms with Crippen LogP contribution in [0.3, 0.4) is 0 Å². The lowest BCUT2D eigenvalue weighted by Crippen LogP contribution is -2.30. The molecular formula is C87H170O17P2. The van der Waals surface area contributed by atoms with Crippen LogP contribution in [-0.4, -0.2) is 96.7 Å². The molecule has 630 valence electrons. The van der Waals surface area contributed by atoms with Gasteiger partial charge >= 0.3 is 39.5 Å². The summed E-state index contributed by atoms with van der Waals surface area (Å²) in [5, 5.41) is 10.7. The Hall–Kier alpha value is -1.94. The van der Waals surface area contributed by atoms with Gasteiger partial charge in [0.15, 0.2) is 12.2 Å². The summed E-state index contributed by atoms with van der Waals surface area (Å²) in [6.07, 6.45) is 73.5. The molecule has 0 radical (unpaired) electrons. The Bertz CT molecular complexity index is 2010. The summed E-state index contributed by atoms with van der Waals surface area (Å²) in [5.74, 6) is -1.29. The highest BCUT2D eigenvalue weighted by atomic mass is 31.2. The van der Waals surface area contributed by atoms with Gasteiger partial charge in [-0.05, 0) is 31.6 Å². The van der Waals surface area contributed by atoms with Crippen molar-refractivity contribution in [1.82, 2.24) is 0 Å². The number of phosphoric ester groups is 2. The van der Waals surface area contributed by atoms with Crippen LogP contribution in [-0.2, 0) is 65.4 Å². The lowest BCUT2D eigenvalue weighted by atomic mass is 10.0. The van der Waals surface area contributed by atoms with E-state index in [2.05, 4.69) is 34.6 Å². The molecule has 0 amide bonds. The minimum atomic E-state index is -4.97. The van der Waals surface area contributed by atoms with Gasteiger partial charge in [0, 0.05) is 25.7 Å². The zero-order chi connectivity index (χ0) is 77.6. The van der Waals surface area contributed by atoms with Gasteiger partial charge < -0.3 is 33.8 Å². The molecule has 0 aromatic carbocycles. The molecular weight excluding hydrogens is 1380 g/mol. The van der Waals surface area contributed by atoms with E-state index in [0.717, 1.165) is 95.8 Å². The molecule has 0 rings (SSSR count). The first-order valence-electron chi connectivity index (χ1n) is 45.1. The molecule has 0 aliphatic heterocycles. The van der Waals surface area contributed by atoms with Crippen molar-refractivity contribution in [2.75, 3.05) is 39.6 Å². The van der Waals surface area contributed by atoms with E-state index in [0.29, 0.717) is 25.7 Å². The number of hydrogen-bond donors (Lipinski definition) is 3. The molecule has 0 aliphatic rings. The maximum Gasteiger partial charge on any atom is 0.472 e. The Morgan fingerprint density at radius 2 is 0.434 bits per heavy atom. The molecule has 0 bridgehead atoms. The van der Waals surface area contributed by atoms with E-state index in [1.807, 2.05) is 0 Å². The third-order valence-electron chi connectivity index (χ3n) is 20.5. The highest BCUT2D eigenvalue weighted by Crippen LogP contribution is 2.45. The largest absolute Gasteiger partial charge is 0.472 e. The molecule has 0 aromatic rings. The highest BCUT2D eigenvalue weighted by Gasteiger charge is 2.30. The van der Waals surface area contributed by atoms with Gasteiger partial charge in [0.05, 0.1) is 26.4 Å². The summed E-state index contributed by atoms with van der Waals surface area (Å²) in [6, 6.07) is 0. The fourth-order valence-electron chi connectivity index (χ4n) is 13.6. The first-order valence-corrected chi connectivity index (χ1v) is 48.1. The Kier molecular flexibility index (Phi) is 78.2. The molecule has 19 heteroatoms. The number of phosphoric acid groups is 2. The first-order chi connectivity index (χ1) is 51.5. The van der Waals surface area contributed by atoms with Crippen LogP contribution in [0.25, 0.3) is 0 Å². The van der Waals surface area contributed by atoms with Crippen LogP contribution >= 0.6 is 15.6 Å². The zero-order valence-electron chi connectivity index (χ0n) is 69.6. The fraction of sp³-hybridized carbons (Fsp3) is 0.954. The van der Waals surface area contributed by atoms with Crippen LogP contribution in [0, 0.1) is 5.92 Å². The van der Waals surface area contributed by atoms with Gasteiger partial charge in [0.25, 0.3) is 0 Å². The second-order valence-corrected chi connectivity index (χ2v) is 34.7. The monoisotopic (exact) mass is 1550 g/mol. The second kappa shape index (κ2) is 79.7. The molecule has 0 saturated carbocycles. The summed E-state index contributed by atoms with van der Waals surface area (Å²) < 4.78 is 68.9. The number of hydrogen-bond acceptors (Lipinski definition) is 15. The number of carbonyl (C=O) groups excluding carboxylic acids is 4. The van der Waals surface area contributed by atoms with Gasteiger partial charge in [-0.25, -0.2) is 9.13 Å². The molecule has 2 unspecified atom stereocenters. The predicted molar refractivity (Wildman–Crippen MR) is 437 cm³/mol. The van der Waals surface area contributed by atoms with Gasteiger partial charge in [0.2, 0.25) is 0 Å². The van der Waals surface area contributed by atoms with Crippen LogP contribution < -0.4 is 0 Å². The van der Waals surface area contributed by atoms with Crippen LogP contribution in [0.4, 0.5) is 0 Å². The topological polar surface area (TPSA) is 237 Å². The van der Waals surface area contributed by atoms with E-state index >= 15 is 0 Å². The Labute approximate surface area is 651 Å². The first kappa shape index (κ1) is 104. The molecule has 3 N–H and O–H groups in total. The molecule has 0 saturated heterocycles. The number of carbonyl (C=O) groups is 4. The van der Waals surface area contributed by atoms with Gasteiger partial charge in [-0.15, -0.1) is 0 Å². The van der Waals surface area contributed by atoms with Crippen molar-refractivity contribution in [1.29, 1.82) is 0 Å². The van der Waals surface area contributed by atoms with Gasteiger partial charge in [-0.3, -0.25) is 37.3 Å². The number of aliphatic hydroxyl groups excluding tert-OH is 1. The minimum Gasteiger partial charge on any atom is -0.462 e. The van der Waals surface area contributed by atoms with Crippen molar-refractivity contribution in [3.8, 4) is 0 Å². The van der Waals surface area contributed by atoms with E-state index in [9.17, 15) is 43.2 Å². The predicted octanol–water partition coefficient (Wildman–Crippen LogP) is 26.8. The molecule has 5 atom stereocenters. The number of esters is 4. The van der Waals surface area contributed by atoms with Crippen molar-refractivity contribution in [3.63, 3.8) is 0 Å². The van der Waals surface area contributed by atoms with Gasteiger partial charge in [-0.1, -0.05) is 420 Å². The number of ether oxygens (including phenoxy) is 4. The third-order valence-corrected chi connectivity index (χ3v) is 22.4. The molecule has 0 spiro atoms. The van der Waals surface area contributed by atoms with Crippen LogP contribution in [0.5, 0.6) is 0 Å². The van der Waals surface area contributed by atoms with Gasteiger partial charge in [0.1, 0.15) is 19.3 Å². The number of rotatable bonds is 87.